The van der Waals surface area contributed by atoms with Gasteiger partial charge in [-0.05, 0) is 30.2 Å². The zero-order valence-corrected chi connectivity index (χ0v) is 17.6. The van der Waals surface area contributed by atoms with Crippen LogP contribution < -0.4 is 9.64 Å². The van der Waals surface area contributed by atoms with Gasteiger partial charge in [0.05, 0.1) is 39.0 Å². The smallest absolute Gasteiger partial charge is 0.140 e. The lowest BCUT2D eigenvalue weighted by Gasteiger charge is -2.35. The normalized spacial score (nSPS) is 17.0. The topological polar surface area (TPSA) is 29.3 Å². The van der Waals surface area contributed by atoms with Crippen molar-refractivity contribution in [3.63, 3.8) is 0 Å². The van der Waals surface area contributed by atoms with Crippen LogP contribution in [0, 0.1) is 0 Å². The van der Waals surface area contributed by atoms with E-state index in [0.29, 0.717) is 6.04 Å². The molecule has 0 radical (unpaired) electrons. The maximum Gasteiger partial charge on any atom is 0.140 e. The first-order valence-electron chi connectivity index (χ1n) is 10.7. The first kappa shape index (κ1) is 18.9. The average Bonchev–Trinajstić information content (AvgIpc) is 3.14. The first-order chi connectivity index (χ1) is 14.7. The van der Waals surface area contributed by atoms with Crippen molar-refractivity contribution < 1.29 is 9.64 Å². The Balaban J connectivity index is 1.33. The SMILES string of the molecule is COc1cccc(/C(C)=N\N2CC[NH+](C3c4ccccc4-c4ccccc43)CC2)c1. The van der Waals surface area contributed by atoms with Crippen LogP contribution in [0.25, 0.3) is 11.1 Å². The molecule has 30 heavy (non-hydrogen) atoms. The summed E-state index contributed by atoms with van der Waals surface area (Å²) in [5.74, 6) is 0.870. The fourth-order valence-electron chi connectivity index (χ4n) is 4.88. The molecule has 0 spiro atoms. The van der Waals surface area contributed by atoms with Crippen LogP contribution in [-0.2, 0) is 0 Å². The molecule has 0 amide bonds. The van der Waals surface area contributed by atoms with Crippen molar-refractivity contribution in [3.05, 3.63) is 89.5 Å². The molecule has 0 saturated carbocycles. The zero-order valence-electron chi connectivity index (χ0n) is 17.6. The molecule has 0 atom stereocenters. The minimum atomic E-state index is 0.433. The van der Waals surface area contributed by atoms with Crippen LogP contribution in [0.1, 0.15) is 29.7 Å². The van der Waals surface area contributed by atoms with Gasteiger partial charge in [0.1, 0.15) is 11.8 Å². The Morgan fingerprint density at radius 3 is 2.17 bits per heavy atom. The van der Waals surface area contributed by atoms with Crippen molar-refractivity contribution in [3.8, 4) is 16.9 Å². The van der Waals surface area contributed by atoms with Crippen molar-refractivity contribution in [2.24, 2.45) is 5.10 Å². The summed E-state index contributed by atoms with van der Waals surface area (Å²) >= 11 is 0. The van der Waals surface area contributed by atoms with Gasteiger partial charge in [-0.3, -0.25) is 5.01 Å². The highest BCUT2D eigenvalue weighted by molar-refractivity contribution is 5.98. The van der Waals surface area contributed by atoms with Gasteiger partial charge in [0, 0.05) is 16.7 Å². The number of rotatable bonds is 4. The Morgan fingerprint density at radius 2 is 1.53 bits per heavy atom. The van der Waals surface area contributed by atoms with Crippen LogP contribution >= 0.6 is 0 Å². The minimum Gasteiger partial charge on any atom is -0.497 e. The molecule has 152 valence electrons. The highest BCUT2D eigenvalue weighted by atomic mass is 16.5. The van der Waals surface area contributed by atoms with Crippen molar-refractivity contribution in [1.82, 2.24) is 5.01 Å². The molecule has 4 heteroatoms. The molecular formula is C26H28N3O+. The maximum absolute atomic E-state index is 5.35. The number of hydrogen-bond acceptors (Lipinski definition) is 3. The van der Waals surface area contributed by atoms with E-state index in [1.165, 1.54) is 22.3 Å². The molecule has 3 aromatic carbocycles. The molecule has 0 unspecified atom stereocenters. The van der Waals surface area contributed by atoms with Gasteiger partial charge >= 0.3 is 0 Å². The van der Waals surface area contributed by atoms with E-state index in [1.54, 1.807) is 12.0 Å². The van der Waals surface area contributed by atoms with Crippen LogP contribution in [0.5, 0.6) is 5.75 Å². The summed E-state index contributed by atoms with van der Waals surface area (Å²) in [6.07, 6.45) is 0. The van der Waals surface area contributed by atoms with Gasteiger partial charge < -0.3 is 9.64 Å². The standard InChI is InChI=1S/C26H27N3O/c1-19(20-8-7-9-21(18-20)30-2)27-29-16-14-28(15-17-29)26-24-12-5-3-10-22(24)23-11-4-6-13-25(23)26/h3-13,18,26H,14-17H2,1-2H3/p+1/b27-19-. The van der Waals surface area contributed by atoms with E-state index < -0.39 is 0 Å². The largest absolute Gasteiger partial charge is 0.497 e. The van der Waals surface area contributed by atoms with E-state index in [4.69, 9.17) is 9.84 Å². The van der Waals surface area contributed by atoms with Gasteiger partial charge in [-0.2, -0.15) is 5.10 Å². The number of piperazine rings is 1. The first-order valence-corrected chi connectivity index (χ1v) is 10.7. The summed E-state index contributed by atoms with van der Waals surface area (Å²) in [5, 5.41) is 7.14. The Labute approximate surface area is 178 Å². The number of nitrogens with zero attached hydrogens (tertiary/aromatic N) is 2. The number of methoxy groups -OCH3 is 1. The minimum absolute atomic E-state index is 0.433. The van der Waals surface area contributed by atoms with Gasteiger partial charge in [-0.1, -0.05) is 60.7 Å². The molecule has 1 saturated heterocycles. The van der Waals surface area contributed by atoms with Crippen LogP contribution in [-0.4, -0.2) is 44.0 Å². The van der Waals surface area contributed by atoms with E-state index in [0.717, 1.165) is 43.2 Å². The van der Waals surface area contributed by atoms with E-state index >= 15 is 0 Å². The van der Waals surface area contributed by atoms with Gasteiger partial charge in [0.2, 0.25) is 0 Å². The highest BCUT2D eigenvalue weighted by Gasteiger charge is 2.37. The second-order valence-electron chi connectivity index (χ2n) is 8.14. The molecule has 4 nitrogen and oxygen atoms in total. The molecule has 1 aliphatic heterocycles. The Kier molecular flexibility index (Phi) is 5.01. The average molecular weight is 399 g/mol. The molecule has 0 bridgehead atoms. The van der Waals surface area contributed by atoms with Gasteiger partial charge in [0.15, 0.2) is 0 Å². The lowest BCUT2D eigenvalue weighted by molar-refractivity contribution is -0.929. The van der Waals surface area contributed by atoms with Crippen molar-refractivity contribution in [2.75, 3.05) is 33.3 Å². The molecule has 1 N–H and O–H groups in total. The number of hydrogen-bond donors (Lipinski definition) is 1. The third-order valence-electron chi connectivity index (χ3n) is 6.40. The molecule has 3 aromatic rings. The van der Waals surface area contributed by atoms with Crippen LogP contribution in [0.3, 0.4) is 0 Å². The maximum atomic E-state index is 5.35. The molecule has 0 aromatic heterocycles. The lowest BCUT2D eigenvalue weighted by Crippen LogP contribution is -3.14. The summed E-state index contributed by atoms with van der Waals surface area (Å²) in [6.45, 7) is 6.19. The Bertz CT molecular complexity index is 1040. The third-order valence-corrected chi connectivity index (χ3v) is 6.40. The monoisotopic (exact) mass is 398 g/mol. The Morgan fingerprint density at radius 1 is 0.900 bits per heavy atom. The van der Waals surface area contributed by atoms with Gasteiger partial charge in [0.25, 0.3) is 0 Å². The van der Waals surface area contributed by atoms with Crippen LogP contribution in [0.4, 0.5) is 0 Å². The van der Waals surface area contributed by atoms with E-state index in [2.05, 4.69) is 66.5 Å². The summed E-state index contributed by atoms with van der Waals surface area (Å²) in [7, 11) is 1.70. The second kappa shape index (κ2) is 7.96. The number of quaternary nitrogens is 1. The highest BCUT2D eigenvalue weighted by Crippen LogP contribution is 2.41. The fourth-order valence-corrected chi connectivity index (χ4v) is 4.88. The molecule has 1 heterocycles. The quantitative estimate of drug-likeness (QED) is 0.683. The van der Waals surface area contributed by atoms with Crippen LogP contribution in [0.2, 0.25) is 0 Å². The van der Waals surface area contributed by atoms with Crippen molar-refractivity contribution in [2.45, 2.75) is 13.0 Å². The van der Waals surface area contributed by atoms with Crippen molar-refractivity contribution in [1.29, 1.82) is 0 Å². The van der Waals surface area contributed by atoms with Gasteiger partial charge in [-0.15, -0.1) is 0 Å². The number of nitrogens with one attached hydrogen (secondary N) is 1. The zero-order chi connectivity index (χ0) is 20.5. The van der Waals surface area contributed by atoms with E-state index in [9.17, 15) is 0 Å². The molecule has 2 aliphatic rings. The summed E-state index contributed by atoms with van der Waals surface area (Å²) in [4.78, 5) is 1.64. The second-order valence-corrected chi connectivity index (χ2v) is 8.14. The summed E-state index contributed by atoms with van der Waals surface area (Å²) in [5.41, 5.74) is 7.90. The Hall–Kier alpha value is -3.11. The summed E-state index contributed by atoms with van der Waals surface area (Å²) in [6, 6.07) is 26.4. The van der Waals surface area contributed by atoms with Crippen LogP contribution in [0.15, 0.2) is 77.9 Å². The number of fused-ring (bicyclic) bond motifs is 3. The predicted molar refractivity (Wildman–Crippen MR) is 121 cm³/mol. The van der Waals surface area contributed by atoms with E-state index in [1.807, 2.05) is 18.2 Å². The van der Waals surface area contributed by atoms with Crippen molar-refractivity contribution >= 4 is 5.71 Å². The van der Waals surface area contributed by atoms with E-state index in [-0.39, 0.29) is 0 Å². The lowest BCUT2D eigenvalue weighted by atomic mass is 10.0. The molecule has 1 aliphatic carbocycles. The number of ether oxygens (including phenoxy) is 1. The molecule has 1 fully saturated rings. The van der Waals surface area contributed by atoms with Gasteiger partial charge in [-0.25, -0.2) is 0 Å². The summed E-state index contributed by atoms with van der Waals surface area (Å²) < 4.78 is 5.35. The fraction of sp³-hybridized carbons (Fsp3) is 0.269. The number of benzene rings is 3. The number of hydrazone groups is 1. The third kappa shape index (κ3) is 3.37. The molecular weight excluding hydrogens is 370 g/mol. The molecule has 5 rings (SSSR count). The predicted octanol–water partition coefficient (Wildman–Crippen LogP) is 3.39.